The number of aromatic nitrogens is 2. The van der Waals surface area contributed by atoms with Crippen LogP contribution in [0.5, 0.6) is 5.75 Å². The lowest BCUT2D eigenvalue weighted by Crippen LogP contribution is -1.88. The topological polar surface area (TPSA) is 47.0 Å². The number of alkyl halides is 1. The second-order valence-corrected chi connectivity index (χ2v) is 5.91. The molecule has 0 aliphatic carbocycles. The number of nitrogens with one attached hydrogen (secondary N) is 1. The second-order valence-electron chi connectivity index (χ2n) is 3.76. The van der Waals surface area contributed by atoms with Crippen molar-refractivity contribution in [2.24, 2.45) is 0 Å². The monoisotopic (exact) mass is 311 g/mol. The Morgan fingerprint density at radius 2 is 2.21 bits per heavy atom. The molecule has 4 nitrogen and oxygen atoms in total. The van der Waals surface area contributed by atoms with Gasteiger partial charge in [-0.2, -0.15) is 0 Å². The van der Waals surface area contributed by atoms with E-state index in [4.69, 9.17) is 16.3 Å². The SMILES string of the molecule is COc1ccc2nc(Nc3nc(CCl)cs3)sc2c1. The van der Waals surface area contributed by atoms with Crippen molar-refractivity contribution in [3.63, 3.8) is 0 Å². The standard InChI is InChI=1S/C12H10ClN3OS2/c1-17-8-2-3-9-10(4-8)19-12(15-9)16-11-14-7(5-13)6-18-11/h2-4,6H,5H2,1H3,(H,14,15,16). The van der Waals surface area contributed by atoms with Gasteiger partial charge in [0.15, 0.2) is 10.3 Å². The fourth-order valence-corrected chi connectivity index (χ4v) is 3.50. The van der Waals surface area contributed by atoms with Gasteiger partial charge in [0.25, 0.3) is 0 Å². The third-order valence-corrected chi connectivity index (χ3v) is 4.51. The highest BCUT2D eigenvalue weighted by Gasteiger charge is 2.07. The van der Waals surface area contributed by atoms with E-state index in [1.165, 1.54) is 11.3 Å². The van der Waals surface area contributed by atoms with Gasteiger partial charge in [0.1, 0.15) is 5.75 Å². The second kappa shape index (κ2) is 5.32. The van der Waals surface area contributed by atoms with Gasteiger partial charge in [-0.05, 0) is 18.2 Å². The van der Waals surface area contributed by atoms with E-state index in [-0.39, 0.29) is 0 Å². The van der Waals surface area contributed by atoms with E-state index in [1.807, 2.05) is 23.6 Å². The van der Waals surface area contributed by atoms with Crippen LogP contribution in [0.3, 0.4) is 0 Å². The summed E-state index contributed by atoms with van der Waals surface area (Å²) in [7, 11) is 1.66. The van der Waals surface area contributed by atoms with E-state index in [2.05, 4.69) is 15.3 Å². The van der Waals surface area contributed by atoms with Crippen molar-refractivity contribution in [2.45, 2.75) is 5.88 Å². The van der Waals surface area contributed by atoms with E-state index in [0.717, 1.165) is 31.9 Å². The number of thiazole rings is 2. The van der Waals surface area contributed by atoms with Gasteiger partial charge in [-0.1, -0.05) is 11.3 Å². The summed E-state index contributed by atoms with van der Waals surface area (Å²) in [5, 5.41) is 6.76. The Bertz CT molecular complexity index is 710. The lowest BCUT2D eigenvalue weighted by atomic mass is 10.3. The third kappa shape index (κ3) is 2.65. The fourth-order valence-electron chi connectivity index (χ4n) is 1.60. The molecule has 0 fully saturated rings. The molecule has 1 aromatic carbocycles. The number of halogens is 1. The van der Waals surface area contributed by atoms with Crippen LogP contribution in [0.4, 0.5) is 10.3 Å². The molecule has 3 aromatic rings. The number of methoxy groups -OCH3 is 1. The van der Waals surface area contributed by atoms with E-state index in [9.17, 15) is 0 Å². The molecule has 2 aromatic heterocycles. The molecule has 0 saturated heterocycles. The van der Waals surface area contributed by atoms with Crippen molar-refractivity contribution in [2.75, 3.05) is 12.4 Å². The maximum absolute atomic E-state index is 5.73. The number of anilines is 2. The summed E-state index contributed by atoms with van der Waals surface area (Å²) in [6.45, 7) is 0. The molecule has 19 heavy (non-hydrogen) atoms. The molecule has 0 spiro atoms. The highest BCUT2D eigenvalue weighted by Crippen LogP contribution is 2.31. The lowest BCUT2D eigenvalue weighted by molar-refractivity contribution is 0.415. The number of ether oxygens (including phenoxy) is 1. The van der Waals surface area contributed by atoms with E-state index in [0.29, 0.717) is 5.88 Å². The normalized spacial score (nSPS) is 10.8. The van der Waals surface area contributed by atoms with Gasteiger partial charge in [0, 0.05) is 5.38 Å². The molecular formula is C12H10ClN3OS2. The molecule has 0 amide bonds. The average Bonchev–Trinajstić information content (AvgIpc) is 3.03. The summed E-state index contributed by atoms with van der Waals surface area (Å²) >= 11 is 8.82. The fraction of sp³-hybridized carbons (Fsp3) is 0.167. The van der Waals surface area contributed by atoms with Crippen LogP contribution in [-0.4, -0.2) is 17.1 Å². The number of benzene rings is 1. The van der Waals surface area contributed by atoms with Gasteiger partial charge in [0.2, 0.25) is 0 Å². The molecule has 7 heteroatoms. The minimum absolute atomic E-state index is 0.426. The minimum atomic E-state index is 0.426. The summed E-state index contributed by atoms with van der Waals surface area (Å²) in [5.74, 6) is 1.26. The first-order chi connectivity index (χ1) is 9.28. The Balaban J connectivity index is 1.88. The van der Waals surface area contributed by atoms with Gasteiger partial charge < -0.3 is 10.1 Å². The number of hydrogen-bond acceptors (Lipinski definition) is 6. The number of hydrogen-bond donors (Lipinski definition) is 1. The van der Waals surface area contributed by atoms with Gasteiger partial charge in [-0.15, -0.1) is 22.9 Å². The first kappa shape index (κ1) is 12.7. The largest absolute Gasteiger partial charge is 0.497 e. The molecule has 0 aliphatic rings. The van der Waals surface area contributed by atoms with E-state index in [1.54, 1.807) is 18.4 Å². The van der Waals surface area contributed by atoms with Crippen LogP contribution < -0.4 is 10.1 Å². The molecule has 0 saturated carbocycles. The first-order valence-electron chi connectivity index (χ1n) is 5.50. The van der Waals surface area contributed by atoms with Gasteiger partial charge in [-0.3, -0.25) is 0 Å². The van der Waals surface area contributed by atoms with Crippen LogP contribution in [0.1, 0.15) is 5.69 Å². The Hall–Kier alpha value is -1.37. The molecule has 0 unspecified atom stereocenters. The van der Waals surface area contributed by atoms with Crippen LogP contribution in [0.15, 0.2) is 23.6 Å². The summed E-state index contributed by atoms with van der Waals surface area (Å²) in [5.41, 5.74) is 1.82. The summed E-state index contributed by atoms with van der Waals surface area (Å²) < 4.78 is 6.28. The van der Waals surface area contributed by atoms with Crippen LogP contribution in [0.25, 0.3) is 10.2 Å². The molecule has 0 bridgehead atoms. The summed E-state index contributed by atoms with van der Waals surface area (Å²) in [4.78, 5) is 8.85. The molecule has 0 radical (unpaired) electrons. The first-order valence-corrected chi connectivity index (χ1v) is 7.73. The number of fused-ring (bicyclic) bond motifs is 1. The lowest BCUT2D eigenvalue weighted by Gasteiger charge is -1.96. The Labute approximate surface area is 123 Å². The van der Waals surface area contributed by atoms with Gasteiger partial charge >= 0.3 is 0 Å². The molecule has 2 heterocycles. The molecule has 1 N–H and O–H groups in total. The van der Waals surface area contributed by atoms with Crippen LogP contribution in [0, 0.1) is 0 Å². The zero-order valence-corrected chi connectivity index (χ0v) is 12.4. The summed E-state index contributed by atoms with van der Waals surface area (Å²) in [6, 6.07) is 5.83. The smallest absolute Gasteiger partial charge is 0.190 e. The maximum Gasteiger partial charge on any atom is 0.190 e. The van der Waals surface area contributed by atoms with Gasteiger partial charge in [0.05, 0.1) is 28.9 Å². The van der Waals surface area contributed by atoms with Gasteiger partial charge in [-0.25, -0.2) is 9.97 Å². The van der Waals surface area contributed by atoms with E-state index < -0.39 is 0 Å². The van der Waals surface area contributed by atoms with Crippen molar-refractivity contribution in [3.05, 3.63) is 29.3 Å². The quantitative estimate of drug-likeness (QED) is 0.732. The highest BCUT2D eigenvalue weighted by molar-refractivity contribution is 7.22. The Morgan fingerprint density at radius 1 is 1.32 bits per heavy atom. The molecular weight excluding hydrogens is 302 g/mol. The highest BCUT2D eigenvalue weighted by atomic mass is 35.5. The van der Waals surface area contributed by atoms with Crippen molar-refractivity contribution in [1.82, 2.24) is 9.97 Å². The maximum atomic E-state index is 5.73. The predicted molar refractivity (Wildman–Crippen MR) is 81.1 cm³/mol. The van der Waals surface area contributed by atoms with E-state index >= 15 is 0 Å². The zero-order valence-electron chi connectivity index (χ0n) is 10.0. The Kier molecular flexibility index (Phi) is 3.54. The third-order valence-electron chi connectivity index (χ3n) is 2.50. The van der Waals surface area contributed by atoms with Crippen molar-refractivity contribution in [3.8, 4) is 5.75 Å². The number of rotatable bonds is 4. The molecule has 3 rings (SSSR count). The molecule has 0 aliphatic heterocycles. The van der Waals surface area contributed by atoms with Crippen LogP contribution in [0.2, 0.25) is 0 Å². The average molecular weight is 312 g/mol. The molecule has 98 valence electrons. The molecule has 0 atom stereocenters. The van der Waals surface area contributed by atoms with Crippen molar-refractivity contribution >= 4 is 54.8 Å². The predicted octanol–water partition coefficient (Wildman–Crippen LogP) is 4.24. The summed E-state index contributed by atoms with van der Waals surface area (Å²) in [6.07, 6.45) is 0. The van der Waals surface area contributed by atoms with Crippen molar-refractivity contribution < 1.29 is 4.74 Å². The Morgan fingerprint density at radius 3 is 2.95 bits per heavy atom. The number of nitrogens with zero attached hydrogens (tertiary/aromatic N) is 2. The van der Waals surface area contributed by atoms with Crippen LogP contribution >= 0.6 is 34.3 Å². The zero-order chi connectivity index (χ0) is 13.2. The van der Waals surface area contributed by atoms with Crippen molar-refractivity contribution in [1.29, 1.82) is 0 Å². The minimum Gasteiger partial charge on any atom is -0.497 e. The van der Waals surface area contributed by atoms with Crippen LogP contribution in [-0.2, 0) is 5.88 Å².